The van der Waals surface area contributed by atoms with Gasteiger partial charge in [0.2, 0.25) is 0 Å². The Morgan fingerprint density at radius 1 is 1.45 bits per heavy atom. The molecule has 4 heteroatoms. The van der Waals surface area contributed by atoms with Gasteiger partial charge in [0.15, 0.2) is 0 Å². The van der Waals surface area contributed by atoms with E-state index in [1.807, 2.05) is 6.07 Å². The van der Waals surface area contributed by atoms with Crippen LogP contribution in [0.2, 0.25) is 0 Å². The van der Waals surface area contributed by atoms with Gasteiger partial charge < -0.3 is 10.1 Å². The summed E-state index contributed by atoms with van der Waals surface area (Å²) in [7, 11) is 1.73. The molecule has 0 radical (unpaired) electrons. The van der Waals surface area contributed by atoms with E-state index >= 15 is 0 Å². The van der Waals surface area contributed by atoms with Crippen LogP contribution in [0.15, 0.2) is 22.7 Å². The van der Waals surface area contributed by atoms with Gasteiger partial charge in [0.05, 0.1) is 7.11 Å². The minimum Gasteiger partial charge on any atom is -0.497 e. The quantitative estimate of drug-likeness (QED) is 0.821. The Bertz CT molecular complexity index is 421. The molecule has 1 fully saturated rings. The molecular formula is C16H24BrNOS. The van der Waals surface area contributed by atoms with Crippen molar-refractivity contribution >= 4 is 27.7 Å². The molecule has 1 N–H and O–H groups in total. The standard InChI is InChI=1S/C16H24BrNOS/c1-3-18-15(16-6-4-5-9-20-16)11-12-10-13(19-2)7-8-14(12)17/h7-8,10,15-16,18H,3-6,9,11H2,1-2H3. The fourth-order valence-corrected chi connectivity index (χ4v) is 4.59. The van der Waals surface area contributed by atoms with Crippen LogP contribution in [0, 0.1) is 0 Å². The van der Waals surface area contributed by atoms with Crippen LogP contribution in [0.1, 0.15) is 31.7 Å². The van der Waals surface area contributed by atoms with Gasteiger partial charge in [-0.15, -0.1) is 0 Å². The van der Waals surface area contributed by atoms with Gasteiger partial charge in [-0.25, -0.2) is 0 Å². The van der Waals surface area contributed by atoms with E-state index in [2.05, 4.69) is 52.1 Å². The lowest BCUT2D eigenvalue weighted by molar-refractivity contribution is 0.413. The van der Waals surface area contributed by atoms with E-state index in [0.29, 0.717) is 6.04 Å². The van der Waals surface area contributed by atoms with Crippen molar-refractivity contribution in [1.82, 2.24) is 5.32 Å². The van der Waals surface area contributed by atoms with Crippen LogP contribution in [0.5, 0.6) is 5.75 Å². The van der Waals surface area contributed by atoms with Gasteiger partial charge in [-0.2, -0.15) is 11.8 Å². The summed E-state index contributed by atoms with van der Waals surface area (Å²) in [5.74, 6) is 2.25. The van der Waals surface area contributed by atoms with Crippen molar-refractivity contribution < 1.29 is 4.74 Å². The number of methoxy groups -OCH3 is 1. The number of halogens is 1. The highest BCUT2D eigenvalue weighted by Gasteiger charge is 2.24. The van der Waals surface area contributed by atoms with Crippen LogP contribution in [-0.2, 0) is 6.42 Å². The van der Waals surface area contributed by atoms with Gasteiger partial charge in [-0.3, -0.25) is 0 Å². The number of hydrogen-bond acceptors (Lipinski definition) is 3. The zero-order valence-electron chi connectivity index (χ0n) is 12.3. The van der Waals surface area contributed by atoms with Crippen molar-refractivity contribution in [3.63, 3.8) is 0 Å². The molecule has 1 aliphatic heterocycles. The predicted molar refractivity (Wildman–Crippen MR) is 92.0 cm³/mol. The molecule has 0 amide bonds. The van der Waals surface area contributed by atoms with Gasteiger partial charge >= 0.3 is 0 Å². The van der Waals surface area contributed by atoms with Crippen molar-refractivity contribution in [3.8, 4) is 5.75 Å². The molecule has 112 valence electrons. The Morgan fingerprint density at radius 3 is 2.95 bits per heavy atom. The molecule has 1 saturated heterocycles. The Morgan fingerprint density at radius 2 is 2.30 bits per heavy atom. The number of nitrogens with one attached hydrogen (secondary N) is 1. The molecule has 2 atom stereocenters. The average Bonchev–Trinajstić information content (AvgIpc) is 2.49. The molecule has 0 aliphatic carbocycles. The highest BCUT2D eigenvalue weighted by atomic mass is 79.9. The summed E-state index contributed by atoms with van der Waals surface area (Å²) in [5.41, 5.74) is 1.33. The summed E-state index contributed by atoms with van der Waals surface area (Å²) in [6.45, 7) is 3.23. The maximum atomic E-state index is 5.35. The normalized spacial score (nSPS) is 20.6. The molecule has 1 aromatic rings. The molecule has 1 aliphatic rings. The topological polar surface area (TPSA) is 21.3 Å². The molecule has 2 unspecified atom stereocenters. The van der Waals surface area contributed by atoms with Gasteiger partial charge in [-0.05, 0) is 55.3 Å². The van der Waals surface area contributed by atoms with Gasteiger partial charge in [0.1, 0.15) is 5.75 Å². The number of hydrogen-bond donors (Lipinski definition) is 1. The van der Waals surface area contributed by atoms with E-state index in [4.69, 9.17) is 4.74 Å². The van der Waals surface area contributed by atoms with E-state index < -0.39 is 0 Å². The third kappa shape index (κ3) is 4.40. The maximum absolute atomic E-state index is 5.35. The SMILES string of the molecule is CCNC(Cc1cc(OC)ccc1Br)C1CCCCS1. The zero-order chi connectivity index (χ0) is 14.4. The molecule has 2 nitrogen and oxygen atoms in total. The second kappa shape index (κ2) is 8.30. The van der Waals surface area contributed by atoms with E-state index in [-0.39, 0.29) is 0 Å². The first-order chi connectivity index (χ1) is 9.74. The zero-order valence-corrected chi connectivity index (χ0v) is 14.7. The van der Waals surface area contributed by atoms with Gasteiger partial charge in [-0.1, -0.05) is 29.3 Å². The number of rotatable bonds is 6. The smallest absolute Gasteiger partial charge is 0.119 e. The summed E-state index contributed by atoms with van der Waals surface area (Å²) in [5, 5.41) is 4.42. The lowest BCUT2D eigenvalue weighted by Crippen LogP contribution is -2.41. The first-order valence-corrected chi connectivity index (χ1v) is 9.26. The Kier molecular flexibility index (Phi) is 6.72. The van der Waals surface area contributed by atoms with Gasteiger partial charge in [0, 0.05) is 15.8 Å². The van der Waals surface area contributed by atoms with Crippen LogP contribution in [-0.4, -0.2) is 30.7 Å². The van der Waals surface area contributed by atoms with Crippen LogP contribution < -0.4 is 10.1 Å². The van der Waals surface area contributed by atoms with Crippen molar-refractivity contribution in [2.75, 3.05) is 19.4 Å². The Hall–Kier alpha value is -0.190. The summed E-state index contributed by atoms with van der Waals surface area (Å²) in [6.07, 6.45) is 5.15. The van der Waals surface area contributed by atoms with Crippen LogP contribution >= 0.6 is 27.7 Å². The molecule has 0 saturated carbocycles. The average molecular weight is 358 g/mol. The molecule has 2 rings (SSSR count). The number of benzene rings is 1. The van der Waals surface area contributed by atoms with Crippen LogP contribution in [0.25, 0.3) is 0 Å². The number of ether oxygens (including phenoxy) is 1. The second-order valence-corrected chi connectivity index (χ2v) is 7.43. The third-order valence-corrected chi connectivity index (χ3v) is 6.11. The van der Waals surface area contributed by atoms with E-state index in [1.165, 1.54) is 35.1 Å². The fraction of sp³-hybridized carbons (Fsp3) is 0.625. The van der Waals surface area contributed by atoms with Crippen LogP contribution in [0.4, 0.5) is 0 Å². The molecule has 0 bridgehead atoms. The second-order valence-electron chi connectivity index (χ2n) is 5.23. The molecule has 1 heterocycles. The van der Waals surface area contributed by atoms with Crippen molar-refractivity contribution in [3.05, 3.63) is 28.2 Å². The lowest BCUT2D eigenvalue weighted by atomic mass is 9.99. The summed E-state index contributed by atoms with van der Waals surface area (Å²) >= 11 is 5.81. The van der Waals surface area contributed by atoms with E-state index in [1.54, 1.807) is 7.11 Å². The van der Waals surface area contributed by atoms with Crippen LogP contribution in [0.3, 0.4) is 0 Å². The minimum absolute atomic E-state index is 0.550. The molecule has 0 spiro atoms. The van der Waals surface area contributed by atoms with Crippen molar-refractivity contribution in [2.24, 2.45) is 0 Å². The van der Waals surface area contributed by atoms with Crippen molar-refractivity contribution in [1.29, 1.82) is 0 Å². The monoisotopic (exact) mass is 357 g/mol. The molecule has 0 aromatic heterocycles. The van der Waals surface area contributed by atoms with E-state index in [0.717, 1.165) is 24.0 Å². The summed E-state index contributed by atoms with van der Waals surface area (Å²) < 4.78 is 6.53. The maximum Gasteiger partial charge on any atom is 0.119 e. The molecular weight excluding hydrogens is 334 g/mol. The highest BCUT2D eigenvalue weighted by molar-refractivity contribution is 9.10. The Labute approximate surface area is 135 Å². The highest BCUT2D eigenvalue weighted by Crippen LogP contribution is 2.31. The molecule has 1 aromatic carbocycles. The third-order valence-electron chi connectivity index (χ3n) is 3.82. The summed E-state index contributed by atoms with van der Waals surface area (Å²) in [4.78, 5) is 0. The molecule has 20 heavy (non-hydrogen) atoms. The number of thioether (sulfide) groups is 1. The first kappa shape index (κ1) is 16.2. The lowest BCUT2D eigenvalue weighted by Gasteiger charge is -2.31. The largest absolute Gasteiger partial charge is 0.497 e. The number of likely N-dealkylation sites (N-methyl/N-ethyl adjacent to an activating group) is 1. The van der Waals surface area contributed by atoms with Gasteiger partial charge in [0.25, 0.3) is 0 Å². The van der Waals surface area contributed by atoms with E-state index in [9.17, 15) is 0 Å². The van der Waals surface area contributed by atoms with Crippen molar-refractivity contribution in [2.45, 2.75) is 43.9 Å². The predicted octanol–water partition coefficient (Wildman–Crippen LogP) is 4.26. The summed E-state index contributed by atoms with van der Waals surface area (Å²) in [6, 6.07) is 6.80. The minimum atomic E-state index is 0.550. The Balaban J connectivity index is 2.10. The first-order valence-electron chi connectivity index (χ1n) is 7.42. The fourth-order valence-electron chi connectivity index (χ4n) is 2.75.